The summed E-state index contributed by atoms with van der Waals surface area (Å²) in [4.78, 5) is 37.0. The number of nitrogens with one attached hydrogen (secondary N) is 1. The number of nitrogens with zero attached hydrogens (tertiary/aromatic N) is 2. The van der Waals surface area contributed by atoms with Gasteiger partial charge in [-0.2, -0.15) is 0 Å². The summed E-state index contributed by atoms with van der Waals surface area (Å²) < 4.78 is 12.6. The second-order valence-electron chi connectivity index (χ2n) is 5.86. The Labute approximate surface area is 160 Å². The number of benzene rings is 2. The van der Waals surface area contributed by atoms with Crippen molar-refractivity contribution in [3.63, 3.8) is 0 Å². The highest BCUT2D eigenvalue weighted by Crippen LogP contribution is 2.29. The first-order chi connectivity index (χ1) is 13.5. The number of ether oxygens (including phenoxy) is 2. The molecule has 0 aliphatic carbocycles. The van der Waals surface area contributed by atoms with E-state index in [1.165, 1.54) is 31.2 Å². The van der Waals surface area contributed by atoms with Gasteiger partial charge in [0.2, 0.25) is 5.91 Å². The van der Waals surface area contributed by atoms with E-state index in [4.69, 9.17) is 9.47 Å². The highest BCUT2D eigenvalue weighted by molar-refractivity contribution is 5.90. The van der Waals surface area contributed by atoms with Crippen LogP contribution in [-0.4, -0.2) is 29.3 Å². The van der Waals surface area contributed by atoms with Crippen molar-refractivity contribution in [1.29, 1.82) is 0 Å². The average Bonchev–Trinajstić information content (AvgIpc) is 2.72. The van der Waals surface area contributed by atoms with Gasteiger partial charge in [-0.15, -0.1) is 0 Å². The first-order valence-corrected chi connectivity index (χ1v) is 8.43. The first-order valence-electron chi connectivity index (χ1n) is 8.43. The minimum atomic E-state index is -0.784. The molecule has 0 radical (unpaired) electrons. The van der Waals surface area contributed by atoms with Crippen molar-refractivity contribution in [3.8, 4) is 17.2 Å². The van der Waals surface area contributed by atoms with E-state index in [0.717, 1.165) is 4.57 Å². The monoisotopic (exact) mass is 381 g/mol. The lowest BCUT2D eigenvalue weighted by atomic mass is 10.2. The summed E-state index contributed by atoms with van der Waals surface area (Å²) in [6, 6.07) is 13.7. The highest BCUT2D eigenvalue weighted by Gasteiger charge is 2.11. The molecule has 1 aromatic heterocycles. The van der Waals surface area contributed by atoms with E-state index < -0.39 is 17.0 Å². The molecule has 0 bridgehead atoms. The molecule has 0 saturated heterocycles. The van der Waals surface area contributed by atoms with E-state index >= 15 is 0 Å². The molecule has 0 spiro atoms. The van der Waals surface area contributed by atoms with Crippen molar-refractivity contribution in [2.45, 2.75) is 6.54 Å². The van der Waals surface area contributed by atoms with Crippen LogP contribution in [0.15, 0.2) is 70.5 Å². The van der Waals surface area contributed by atoms with Gasteiger partial charge in [0, 0.05) is 29.8 Å². The molecule has 8 heteroatoms. The fourth-order valence-corrected chi connectivity index (χ4v) is 2.69. The third-order valence-corrected chi connectivity index (χ3v) is 4.07. The molecule has 0 aliphatic rings. The van der Waals surface area contributed by atoms with Gasteiger partial charge >= 0.3 is 11.1 Å². The van der Waals surface area contributed by atoms with Crippen molar-refractivity contribution in [3.05, 3.63) is 81.6 Å². The minimum absolute atomic E-state index is 0.294. The summed E-state index contributed by atoms with van der Waals surface area (Å²) in [5.74, 6) is 0.537. The number of hydrogen-bond donors (Lipinski definition) is 1. The molecule has 144 valence electrons. The normalized spacial score (nSPS) is 10.4. The average molecular weight is 381 g/mol. The van der Waals surface area contributed by atoms with Gasteiger partial charge in [0.25, 0.3) is 0 Å². The van der Waals surface area contributed by atoms with Crippen LogP contribution < -0.4 is 25.9 Å². The Balaban J connectivity index is 1.79. The molecule has 3 rings (SSSR count). The summed E-state index contributed by atoms with van der Waals surface area (Å²) >= 11 is 0. The van der Waals surface area contributed by atoms with Gasteiger partial charge in [-0.3, -0.25) is 23.5 Å². The Morgan fingerprint density at radius 2 is 1.64 bits per heavy atom. The van der Waals surface area contributed by atoms with Gasteiger partial charge in [-0.05, 0) is 24.3 Å². The van der Waals surface area contributed by atoms with Crippen molar-refractivity contribution in [2.75, 3.05) is 19.5 Å². The molecule has 1 amide bonds. The Morgan fingerprint density at radius 3 is 2.32 bits per heavy atom. The number of hydrogen-bond acceptors (Lipinski definition) is 5. The van der Waals surface area contributed by atoms with Gasteiger partial charge in [0.15, 0.2) is 11.5 Å². The zero-order valence-corrected chi connectivity index (χ0v) is 15.4. The molecule has 8 nitrogen and oxygen atoms in total. The summed E-state index contributed by atoms with van der Waals surface area (Å²) in [6.07, 6.45) is 2.87. The number of aromatic nitrogens is 2. The second kappa shape index (κ2) is 8.26. The van der Waals surface area contributed by atoms with Crippen LogP contribution in [0.1, 0.15) is 0 Å². The molecular weight excluding hydrogens is 362 g/mol. The Kier molecular flexibility index (Phi) is 5.59. The maximum atomic E-state index is 12.4. The lowest BCUT2D eigenvalue weighted by Gasteiger charge is -2.12. The second-order valence-corrected chi connectivity index (χ2v) is 5.86. The number of amides is 1. The van der Waals surface area contributed by atoms with Crippen LogP contribution in [0.25, 0.3) is 5.69 Å². The summed E-state index contributed by atoms with van der Waals surface area (Å²) in [7, 11) is 3.00. The lowest BCUT2D eigenvalue weighted by molar-refractivity contribution is -0.116. The molecule has 0 unspecified atom stereocenters. The molecule has 0 fully saturated rings. The van der Waals surface area contributed by atoms with Crippen molar-refractivity contribution < 1.29 is 14.3 Å². The van der Waals surface area contributed by atoms with Crippen LogP contribution in [-0.2, 0) is 11.3 Å². The summed E-state index contributed by atoms with van der Waals surface area (Å²) in [5, 5.41) is 2.67. The Bertz CT molecular complexity index is 1100. The van der Waals surface area contributed by atoms with E-state index in [-0.39, 0.29) is 6.54 Å². The molecule has 3 aromatic rings. The Morgan fingerprint density at radius 1 is 0.929 bits per heavy atom. The van der Waals surface area contributed by atoms with Gasteiger partial charge in [-0.1, -0.05) is 18.2 Å². The zero-order chi connectivity index (χ0) is 20.1. The van der Waals surface area contributed by atoms with Gasteiger partial charge in [0.05, 0.1) is 14.2 Å². The maximum Gasteiger partial charge on any atom is 0.320 e. The van der Waals surface area contributed by atoms with Crippen LogP contribution in [0.5, 0.6) is 11.5 Å². The third kappa shape index (κ3) is 3.96. The Hall–Kier alpha value is -3.81. The van der Waals surface area contributed by atoms with Gasteiger partial charge < -0.3 is 14.8 Å². The standard InChI is InChI=1S/C20H19N3O5/c1-27-16-9-8-14(12-17(16)28-2)21-18(24)13-22-10-11-23(20(26)19(22)25)15-6-4-3-5-7-15/h3-12H,13H2,1-2H3,(H,21,24). The van der Waals surface area contributed by atoms with Crippen LogP contribution >= 0.6 is 0 Å². The quantitative estimate of drug-likeness (QED) is 0.656. The largest absolute Gasteiger partial charge is 0.493 e. The van der Waals surface area contributed by atoms with Gasteiger partial charge in [-0.25, -0.2) is 0 Å². The lowest BCUT2D eigenvalue weighted by Crippen LogP contribution is -2.41. The van der Waals surface area contributed by atoms with Crippen LogP contribution in [0.4, 0.5) is 5.69 Å². The fourth-order valence-electron chi connectivity index (χ4n) is 2.69. The molecule has 0 aliphatic heterocycles. The molecule has 0 atom stereocenters. The molecule has 2 aromatic carbocycles. The van der Waals surface area contributed by atoms with E-state index in [1.807, 2.05) is 6.07 Å². The predicted octanol–water partition coefficient (Wildman–Crippen LogP) is 1.66. The van der Waals surface area contributed by atoms with E-state index in [2.05, 4.69) is 5.32 Å². The van der Waals surface area contributed by atoms with E-state index in [9.17, 15) is 14.4 Å². The zero-order valence-electron chi connectivity index (χ0n) is 15.4. The number of carbonyl (C=O) groups is 1. The number of methoxy groups -OCH3 is 2. The SMILES string of the molecule is COc1ccc(NC(=O)Cn2ccn(-c3ccccc3)c(=O)c2=O)cc1OC. The van der Waals surface area contributed by atoms with E-state index in [0.29, 0.717) is 22.9 Å². The predicted molar refractivity (Wildman–Crippen MR) is 104 cm³/mol. The number of rotatable bonds is 6. The van der Waals surface area contributed by atoms with Crippen LogP contribution in [0, 0.1) is 0 Å². The fraction of sp³-hybridized carbons (Fsp3) is 0.150. The van der Waals surface area contributed by atoms with Crippen LogP contribution in [0.2, 0.25) is 0 Å². The smallest absolute Gasteiger partial charge is 0.320 e. The first kappa shape index (κ1) is 19.0. The summed E-state index contributed by atoms with van der Waals surface area (Å²) in [5.41, 5.74) is -0.457. The topological polar surface area (TPSA) is 91.6 Å². The molecule has 28 heavy (non-hydrogen) atoms. The molecular formula is C20H19N3O5. The maximum absolute atomic E-state index is 12.4. The third-order valence-electron chi connectivity index (χ3n) is 4.07. The molecule has 1 heterocycles. The van der Waals surface area contributed by atoms with E-state index in [1.54, 1.807) is 42.5 Å². The number of anilines is 1. The number of para-hydroxylation sites is 1. The highest BCUT2D eigenvalue weighted by atomic mass is 16.5. The summed E-state index contributed by atoms with van der Waals surface area (Å²) in [6.45, 7) is -0.294. The molecule has 0 saturated carbocycles. The van der Waals surface area contributed by atoms with Crippen LogP contribution in [0.3, 0.4) is 0 Å². The number of carbonyl (C=O) groups excluding carboxylic acids is 1. The van der Waals surface area contributed by atoms with Crippen molar-refractivity contribution in [1.82, 2.24) is 9.13 Å². The molecule has 1 N–H and O–H groups in total. The van der Waals surface area contributed by atoms with Gasteiger partial charge in [0.1, 0.15) is 6.54 Å². The van der Waals surface area contributed by atoms with Crippen molar-refractivity contribution >= 4 is 11.6 Å². The minimum Gasteiger partial charge on any atom is -0.493 e. The van der Waals surface area contributed by atoms with Crippen molar-refractivity contribution in [2.24, 2.45) is 0 Å².